The number of hydrogen-bond donors (Lipinski definition) is 0. The summed E-state index contributed by atoms with van der Waals surface area (Å²) in [5, 5.41) is 11.2. The first kappa shape index (κ1) is 20.9. The van der Waals surface area contributed by atoms with Crippen LogP contribution in [-0.4, -0.2) is 41.9 Å². The largest absolute Gasteiger partial charge is 0.451 e. The van der Waals surface area contributed by atoms with Gasteiger partial charge < -0.3 is 14.2 Å². The van der Waals surface area contributed by atoms with E-state index in [1.807, 2.05) is 30.0 Å². The lowest BCUT2D eigenvalue weighted by atomic mass is 10.1. The van der Waals surface area contributed by atoms with Gasteiger partial charge in [0.1, 0.15) is 5.76 Å². The second kappa shape index (κ2) is 8.43. The predicted molar refractivity (Wildman–Crippen MR) is 120 cm³/mol. The van der Waals surface area contributed by atoms with Crippen LogP contribution in [0.1, 0.15) is 21.7 Å². The van der Waals surface area contributed by atoms with Gasteiger partial charge in [0.05, 0.1) is 15.6 Å². The molecule has 2 aromatic carbocycles. The molecule has 1 saturated heterocycles. The Kier molecular flexibility index (Phi) is 5.69. The third-order valence-electron chi connectivity index (χ3n) is 5.66. The third-order valence-corrected chi connectivity index (χ3v) is 5.96. The summed E-state index contributed by atoms with van der Waals surface area (Å²) in [6, 6.07) is 14.1. The highest BCUT2D eigenvalue weighted by Gasteiger charge is 2.26. The monoisotopic (exact) mass is 439 g/mol. The topological polar surface area (TPSA) is 79.8 Å². The Morgan fingerprint density at radius 3 is 2.39 bits per heavy atom. The lowest BCUT2D eigenvalue weighted by Gasteiger charge is -2.36. The molecule has 1 aliphatic rings. The van der Waals surface area contributed by atoms with Crippen molar-refractivity contribution in [3.8, 4) is 11.3 Å². The van der Waals surface area contributed by atoms with Crippen LogP contribution in [0, 0.1) is 24.0 Å². The smallest absolute Gasteiger partial charge is 0.289 e. The van der Waals surface area contributed by atoms with Crippen molar-refractivity contribution in [2.24, 2.45) is 0 Å². The number of amides is 1. The molecule has 0 bridgehead atoms. The van der Waals surface area contributed by atoms with E-state index >= 15 is 0 Å². The quantitative estimate of drug-likeness (QED) is 0.418. The molecule has 0 aliphatic carbocycles. The van der Waals surface area contributed by atoms with Crippen LogP contribution in [0.3, 0.4) is 0 Å². The van der Waals surface area contributed by atoms with E-state index in [0.717, 1.165) is 11.3 Å². The molecule has 0 spiro atoms. The van der Waals surface area contributed by atoms with Gasteiger partial charge in [-0.3, -0.25) is 14.9 Å². The molecule has 31 heavy (non-hydrogen) atoms. The summed E-state index contributed by atoms with van der Waals surface area (Å²) in [7, 11) is 0. The van der Waals surface area contributed by atoms with Gasteiger partial charge in [-0.05, 0) is 49.2 Å². The van der Waals surface area contributed by atoms with E-state index in [0.29, 0.717) is 42.7 Å². The molecule has 0 radical (unpaired) electrons. The second-order valence-corrected chi connectivity index (χ2v) is 8.04. The number of benzene rings is 2. The Balaban J connectivity index is 1.42. The van der Waals surface area contributed by atoms with Gasteiger partial charge in [-0.1, -0.05) is 23.7 Å². The van der Waals surface area contributed by atoms with Gasteiger partial charge >= 0.3 is 0 Å². The number of carbonyl (C=O) groups is 1. The first-order valence-corrected chi connectivity index (χ1v) is 10.4. The molecule has 160 valence electrons. The zero-order valence-corrected chi connectivity index (χ0v) is 18.1. The standard InChI is InChI=1S/C23H22ClN3O4/c1-15-3-4-17(13-16(15)2)21-7-8-22(31-21)23(28)26-11-9-25(10-12-26)20-6-5-18(27(29)30)14-19(20)24/h3-8,13-14H,9-12H2,1-2H3. The molecular weight excluding hydrogens is 418 g/mol. The number of rotatable bonds is 4. The van der Waals surface area contributed by atoms with Crippen LogP contribution < -0.4 is 4.90 Å². The van der Waals surface area contributed by atoms with Crippen molar-refractivity contribution in [3.05, 3.63) is 80.6 Å². The van der Waals surface area contributed by atoms with Crippen molar-refractivity contribution in [1.82, 2.24) is 4.90 Å². The van der Waals surface area contributed by atoms with Crippen molar-refractivity contribution in [3.63, 3.8) is 0 Å². The van der Waals surface area contributed by atoms with Crippen molar-refractivity contribution < 1.29 is 14.1 Å². The number of carbonyl (C=O) groups excluding carboxylic acids is 1. The van der Waals surface area contributed by atoms with Gasteiger partial charge in [0.15, 0.2) is 5.76 Å². The molecule has 0 unspecified atom stereocenters. The SMILES string of the molecule is Cc1ccc(-c2ccc(C(=O)N3CCN(c4ccc([N+](=O)[O-])cc4Cl)CC3)o2)cc1C. The van der Waals surface area contributed by atoms with Crippen molar-refractivity contribution >= 4 is 28.9 Å². The van der Waals surface area contributed by atoms with Crippen LogP contribution in [0.2, 0.25) is 5.02 Å². The molecule has 0 saturated carbocycles. The Bertz CT molecular complexity index is 1150. The third kappa shape index (κ3) is 4.27. The summed E-state index contributed by atoms with van der Waals surface area (Å²) in [6.07, 6.45) is 0. The Morgan fingerprint density at radius 2 is 1.74 bits per heavy atom. The maximum absolute atomic E-state index is 12.9. The fourth-order valence-corrected chi connectivity index (χ4v) is 3.97. The predicted octanol–water partition coefficient (Wildman–Crippen LogP) is 5.09. The molecule has 0 N–H and O–H groups in total. The van der Waals surface area contributed by atoms with Crippen LogP contribution in [0.25, 0.3) is 11.3 Å². The summed E-state index contributed by atoms with van der Waals surface area (Å²) in [5.41, 5.74) is 4.01. The number of piperazine rings is 1. The zero-order chi connectivity index (χ0) is 22.1. The number of hydrogen-bond acceptors (Lipinski definition) is 5. The van der Waals surface area contributed by atoms with E-state index in [1.165, 1.54) is 23.3 Å². The number of nitro groups is 1. The van der Waals surface area contributed by atoms with E-state index in [2.05, 4.69) is 13.0 Å². The van der Waals surface area contributed by atoms with Gasteiger partial charge in [-0.25, -0.2) is 0 Å². The Morgan fingerprint density at radius 1 is 1.00 bits per heavy atom. The van der Waals surface area contributed by atoms with Crippen molar-refractivity contribution in [1.29, 1.82) is 0 Å². The molecule has 2 heterocycles. The minimum absolute atomic E-state index is 0.0417. The molecule has 4 rings (SSSR count). The maximum Gasteiger partial charge on any atom is 0.289 e. The van der Waals surface area contributed by atoms with Gasteiger partial charge in [0.25, 0.3) is 11.6 Å². The average Bonchev–Trinajstić information content (AvgIpc) is 3.25. The molecule has 1 fully saturated rings. The zero-order valence-electron chi connectivity index (χ0n) is 17.3. The van der Waals surface area contributed by atoms with Crippen LogP contribution >= 0.6 is 11.6 Å². The molecule has 1 aromatic heterocycles. The fourth-order valence-electron chi connectivity index (χ4n) is 3.67. The van der Waals surface area contributed by atoms with Crippen LogP contribution in [0.4, 0.5) is 11.4 Å². The lowest BCUT2D eigenvalue weighted by molar-refractivity contribution is -0.384. The minimum Gasteiger partial charge on any atom is -0.451 e. The van der Waals surface area contributed by atoms with Crippen LogP contribution in [-0.2, 0) is 0 Å². The van der Waals surface area contributed by atoms with Gasteiger partial charge in [-0.15, -0.1) is 0 Å². The summed E-state index contributed by atoms with van der Waals surface area (Å²) in [4.78, 5) is 27.1. The van der Waals surface area contributed by atoms with Gasteiger partial charge in [0.2, 0.25) is 0 Å². The summed E-state index contributed by atoms with van der Waals surface area (Å²) in [5.74, 6) is 0.835. The fraction of sp³-hybridized carbons (Fsp3) is 0.261. The molecule has 0 atom stereocenters. The summed E-state index contributed by atoms with van der Waals surface area (Å²) < 4.78 is 5.86. The summed E-state index contributed by atoms with van der Waals surface area (Å²) in [6.45, 7) is 6.27. The number of anilines is 1. The normalized spacial score (nSPS) is 14.0. The maximum atomic E-state index is 12.9. The van der Waals surface area contributed by atoms with Crippen molar-refractivity contribution in [2.45, 2.75) is 13.8 Å². The highest BCUT2D eigenvalue weighted by molar-refractivity contribution is 6.33. The number of non-ortho nitro benzene ring substituents is 1. The Hall–Kier alpha value is -3.32. The molecule has 1 amide bonds. The molecule has 7 nitrogen and oxygen atoms in total. The number of halogens is 1. The molecule has 8 heteroatoms. The number of furan rings is 1. The van der Waals surface area contributed by atoms with E-state index in [-0.39, 0.29) is 11.6 Å². The summed E-state index contributed by atoms with van der Waals surface area (Å²) >= 11 is 6.24. The molecule has 1 aliphatic heterocycles. The highest BCUT2D eigenvalue weighted by Crippen LogP contribution is 2.31. The number of aryl methyl sites for hydroxylation is 2. The van der Waals surface area contributed by atoms with E-state index in [4.69, 9.17) is 16.0 Å². The first-order chi connectivity index (χ1) is 14.8. The second-order valence-electron chi connectivity index (χ2n) is 7.64. The van der Waals surface area contributed by atoms with Crippen LogP contribution in [0.15, 0.2) is 52.9 Å². The Labute approximate surface area is 185 Å². The average molecular weight is 440 g/mol. The van der Waals surface area contributed by atoms with E-state index in [1.54, 1.807) is 17.0 Å². The van der Waals surface area contributed by atoms with E-state index in [9.17, 15) is 14.9 Å². The minimum atomic E-state index is -0.470. The first-order valence-electron chi connectivity index (χ1n) is 9.99. The number of nitrogens with zero attached hydrogens (tertiary/aromatic N) is 3. The molecular formula is C23H22ClN3O4. The number of nitro benzene ring substituents is 1. The highest BCUT2D eigenvalue weighted by atomic mass is 35.5. The molecule has 3 aromatic rings. The van der Waals surface area contributed by atoms with Gasteiger partial charge in [-0.2, -0.15) is 0 Å². The van der Waals surface area contributed by atoms with E-state index < -0.39 is 4.92 Å². The van der Waals surface area contributed by atoms with Crippen LogP contribution in [0.5, 0.6) is 0 Å². The van der Waals surface area contributed by atoms with Crippen molar-refractivity contribution in [2.75, 3.05) is 31.1 Å². The van der Waals surface area contributed by atoms with Gasteiger partial charge in [0, 0.05) is 43.9 Å². The lowest BCUT2D eigenvalue weighted by Crippen LogP contribution is -2.48.